The van der Waals surface area contributed by atoms with Gasteiger partial charge in [-0.15, -0.1) is 0 Å². The van der Waals surface area contributed by atoms with Crippen LogP contribution in [0.1, 0.15) is 10.4 Å². The summed E-state index contributed by atoms with van der Waals surface area (Å²) < 4.78 is 0. The van der Waals surface area contributed by atoms with Crippen LogP contribution in [0, 0.1) is 10.2 Å². The van der Waals surface area contributed by atoms with Gasteiger partial charge in [0.25, 0.3) is 0 Å². The summed E-state index contributed by atoms with van der Waals surface area (Å²) in [7, 11) is 0. The Hall–Kier alpha value is -1.30. The van der Waals surface area contributed by atoms with Gasteiger partial charge in [-0.1, -0.05) is 0 Å². The third-order valence-corrected chi connectivity index (χ3v) is 2.72. The van der Waals surface area contributed by atoms with Gasteiger partial charge in [-0.2, -0.15) is 0 Å². The van der Waals surface area contributed by atoms with Crippen molar-refractivity contribution in [1.82, 2.24) is 5.32 Å². The number of hydrogen-bond donors (Lipinski definition) is 1. The third-order valence-electron chi connectivity index (χ3n) is 1.59. The van der Waals surface area contributed by atoms with E-state index in [1.165, 1.54) is 0 Å². The molecular formula is C10H10N2OSe. The molecule has 14 heavy (non-hydrogen) atoms. The van der Waals surface area contributed by atoms with Crippen LogP contribution in [0.15, 0.2) is 30.3 Å². The molecule has 0 saturated carbocycles. The zero-order valence-corrected chi connectivity index (χ0v) is 9.28. The van der Waals surface area contributed by atoms with E-state index in [9.17, 15) is 4.79 Å². The number of nitrogens with zero attached hydrogens (tertiary/aromatic N) is 1. The fourth-order valence-electron chi connectivity index (χ4n) is 0.953. The third kappa shape index (κ3) is 3.61. The molecule has 3 nitrogen and oxygen atoms in total. The van der Waals surface area contributed by atoms with Crippen LogP contribution in [0.2, 0.25) is 5.32 Å². The summed E-state index contributed by atoms with van der Waals surface area (Å²) in [6.45, 7) is 0.585. The molecular weight excluding hydrogens is 243 g/mol. The number of carbonyl (C=O) groups is 1. The molecule has 0 heterocycles. The van der Waals surface area contributed by atoms with E-state index in [0.29, 0.717) is 12.1 Å². The van der Waals surface area contributed by atoms with Crippen LogP contribution in [0.5, 0.6) is 0 Å². The first-order chi connectivity index (χ1) is 6.84. The molecule has 72 valence electrons. The Labute approximate surface area is 89.3 Å². The van der Waals surface area contributed by atoms with E-state index in [1.54, 1.807) is 12.1 Å². The molecule has 1 aromatic carbocycles. The molecule has 1 amide bonds. The van der Waals surface area contributed by atoms with Crippen LogP contribution in [0.3, 0.4) is 0 Å². The molecule has 0 aliphatic rings. The van der Waals surface area contributed by atoms with Crippen molar-refractivity contribution in [2.75, 3.05) is 6.54 Å². The van der Waals surface area contributed by atoms with Crippen LogP contribution < -0.4 is 5.32 Å². The fourth-order valence-corrected chi connectivity index (χ4v) is 1.57. The molecule has 0 spiro atoms. The van der Waals surface area contributed by atoms with E-state index in [4.69, 9.17) is 5.26 Å². The van der Waals surface area contributed by atoms with E-state index in [2.05, 4.69) is 10.3 Å². The normalized spacial score (nSPS) is 9.07. The van der Waals surface area contributed by atoms with Crippen LogP contribution in [0.4, 0.5) is 0 Å². The average molecular weight is 253 g/mol. The van der Waals surface area contributed by atoms with Gasteiger partial charge in [0, 0.05) is 0 Å². The van der Waals surface area contributed by atoms with Crippen molar-refractivity contribution in [3.8, 4) is 4.97 Å². The Balaban J connectivity index is 2.33. The quantitative estimate of drug-likeness (QED) is 0.643. The van der Waals surface area contributed by atoms with Gasteiger partial charge in [0.1, 0.15) is 0 Å². The number of amides is 1. The minimum absolute atomic E-state index is 0.00995. The summed E-state index contributed by atoms with van der Waals surface area (Å²) in [4.78, 5) is 13.5. The van der Waals surface area contributed by atoms with Crippen molar-refractivity contribution in [1.29, 1.82) is 5.26 Å². The summed E-state index contributed by atoms with van der Waals surface area (Å²) >= 11 is -0.00995. The maximum absolute atomic E-state index is 11.4. The van der Waals surface area contributed by atoms with Gasteiger partial charge < -0.3 is 0 Å². The summed E-state index contributed by atoms with van der Waals surface area (Å²) in [6.07, 6.45) is 0. The molecule has 0 atom stereocenters. The Morgan fingerprint density at radius 1 is 1.43 bits per heavy atom. The molecule has 0 saturated heterocycles. The van der Waals surface area contributed by atoms with Crippen LogP contribution >= 0.6 is 0 Å². The van der Waals surface area contributed by atoms with E-state index in [0.717, 1.165) is 5.32 Å². The Bertz CT molecular complexity index is 332. The summed E-state index contributed by atoms with van der Waals surface area (Å²) in [5.74, 6) is -0.0701. The Kier molecular flexibility index (Phi) is 4.77. The number of rotatable bonds is 4. The molecule has 0 bridgehead atoms. The van der Waals surface area contributed by atoms with E-state index in [-0.39, 0.29) is 20.9 Å². The van der Waals surface area contributed by atoms with E-state index in [1.807, 2.05) is 18.2 Å². The van der Waals surface area contributed by atoms with Crippen molar-refractivity contribution < 1.29 is 4.79 Å². The number of nitriles is 1. The van der Waals surface area contributed by atoms with Crippen molar-refractivity contribution in [3.05, 3.63) is 35.9 Å². The molecule has 0 aromatic heterocycles. The predicted molar refractivity (Wildman–Crippen MR) is 54.9 cm³/mol. The second kappa shape index (κ2) is 6.20. The monoisotopic (exact) mass is 254 g/mol. The van der Waals surface area contributed by atoms with Crippen molar-refractivity contribution in [2.24, 2.45) is 0 Å². The standard InChI is InChI=1S/C10H10N2OSe/c11-8-14-7-6-12-10(13)9-4-2-1-3-5-9/h1-5H,6-7H2,(H,12,13). The molecule has 0 aliphatic carbocycles. The maximum atomic E-state index is 11.4. The number of nitrogens with one attached hydrogen (secondary N) is 1. The van der Waals surface area contributed by atoms with Crippen LogP contribution in [0.25, 0.3) is 0 Å². The van der Waals surface area contributed by atoms with Gasteiger partial charge in [-0.3, -0.25) is 0 Å². The first-order valence-corrected chi connectivity index (χ1v) is 6.25. The van der Waals surface area contributed by atoms with Crippen LogP contribution in [-0.4, -0.2) is 27.4 Å². The molecule has 1 rings (SSSR count). The van der Waals surface area contributed by atoms with Crippen molar-refractivity contribution in [2.45, 2.75) is 5.32 Å². The summed E-state index contributed by atoms with van der Waals surface area (Å²) in [5.41, 5.74) is 0.664. The molecule has 1 aromatic rings. The fraction of sp³-hybridized carbons (Fsp3) is 0.200. The average Bonchev–Trinajstić information content (AvgIpc) is 2.25. The molecule has 0 aliphatic heterocycles. The summed E-state index contributed by atoms with van der Waals surface area (Å²) in [6, 6.07) is 9.06. The molecule has 0 radical (unpaired) electrons. The second-order valence-electron chi connectivity index (χ2n) is 2.56. The number of carbonyl (C=O) groups excluding carboxylic acids is 1. The molecule has 4 heteroatoms. The van der Waals surface area contributed by atoms with Crippen LogP contribution in [-0.2, 0) is 0 Å². The molecule has 0 unspecified atom stereocenters. The van der Waals surface area contributed by atoms with Gasteiger partial charge in [0.05, 0.1) is 0 Å². The van der Waals surface area contributed by atoms with Gasteiger partial charge in [0.15, 0.2) is 0 Å². The Morgan fingerprint density at radius 3 is 2.79 bits per heavy atom. The van der Waals surface area contributed by atoms with Gasteiger partial charge in [0.2, 0.25) is 0 Å². The molecule has 1 N–H and O–H groups in total. The predicted octanol–water partition coefficient (Wildman–Crippen LogP) is 1.02. The number of hydrogen-bond acceptors (Lipinski definition) is 2. The summed E-state index contributed by atoms with van der Waals surface area (Å²) in [5, 5.41) is 11.8. The number of benzene rings is 1. The van der Waals surface area contributed by atoms with E-state index < -0.39 is 0 Å². The van der Waals surface area contributed by atoms with Crippen molar-refractivity contribution >= 4 is 20.9 Å². The van der Waals surface area contributed by atoms with Gasteiger partial charge in [-0.05, 0) is 0 Å². The van der Waals surface area contributed by atoms with Gasteiger partial charge in [-0.25, -0.2) is 0 Å². The van der Waals surface area contributed by atoms with Gasteiger partial charge >= 0.3 is 89.0 Å². The SMILES string of the molecule is N#C[Se]CCNC(=O)c1ccccc1. The van der Waals surface area contributed by atoms with Crippen molar-refractivity contribution in [3.63, 3.8) is 0 Å². The van der Waals surface area contributed by atoms with E-state index >= 15 is 0 Å². The minimum atomic E-state index is -0.0701. The zero-order chi connectivity index (χ0) is 10.2. The first kappa shape index (κ1) is 10.8. The molecule has 0 fully saturated rings. The zero-order valence-electron chi connectivity index (χ0n) is 7.56. The second-order valence-corrected chi connectivity index (χ2v) is 4.41. The topological polar surface area (TPSA) is 52.9 Å². The Morgan fingerprint density at radius 2 is 2.14 bits per heavy atom. The first-order valence-electron chi connectivity index (χ1n) is 4.18.